The van der Waals surface area contributed by atoms with Crippen LogP contribution >= 0.6 is 0 Å². The van der Waals surface area contributed by atoms with Gasteiger partial charge in [0.25, 0.3) is 0 Å². The van der Waals surface area contributed by atoms with Crippen LogP contribution in [0, 0.1) is 0 Å². The Morgan fingerprint density at radius 3 is 2.29 bits per heavy atom. The smallest absolute Gasteiger partial charge is 0.322 e. The number of amides is 1. The maximum absolute atomic E-state index is 11.1. The zero-order valence-electron chi connectivity index (χ0n) is 9.09. The molecule has 14 heavy (non-hydrogen) atoms. The van der Waals surface area contributed by atoms with Gasteiger partial charge in [-0.25, -0.2) is 0 Å². The lowest BCUT2D eigenvalue weighted by Crippen LogP contribution is -2.43. The van der Waals surface area contributed by atoms with Crippen molar-refractivity contribution >= 4 is 11.9 Å². The van der Waals surface area contributed by atoms with E-state index >= 15 is 0 Å². The standard InChI is InChI=1S/C9H18N2O3/c1-6(2)11-8(12)5-10-7(3)9(13)14-4/h6-7,10H,5H2,1-4H3,(H,11,12). The van der Waals surface area contributed by atoms with Crippen LogP contribution in [0.4, 0.5) is 0 Å². The van der Waals surface area contributed by atoms with Gasteiger partial charge in [-0.1, -0.05) is 0 Å². The third-order valence-electron chi connectivity index (χ3n) is 1.57. The normalized spacial score (nSPS) is 12.4. The second-order valence-electron chi connectivity index (χ2n) is 3.35. The SMILES string of the molecule is COC(=O)C(C)NCC(=O)NC(C)C. The Bertz CT molecular complexity index is 204. The Morgan fingerprint density at radius 2 is 1.86 bits per heavy atom. The van der Waals surface area contributed by atoms with E-state index in [-0.39, 0.29) is 24.5 Å². The molecule has 0 bridgehead atoms. The van der Waals surface area contributed by atoms with Crippen molar-refractivity contribution in [2.24, 2.45) is 0 Å². The summed E-state index contributed by atoms with van der Waals surface area (Å²) in [5, 5.41) is 5.45. The molecule has 5 heteroatoms. The van der Waals surface area contributed by atoms with E-state index in [4.69, 9.17) is 0 Å². The van der Waals surface area contributed by atoms with E-state index in [1.165, 1.54) is 7.11 Å². The summed E-state index contributed by atoms with van der Waals surface area (Å²) < 4.78 is 4.49. The highest BCUT2D eigenvalue weighted by Gasteiger charge is 2.13. The average molecular weight is 202 g/mol. The second kappa shape index (κ2) is 6.37. The van der Waals surface area contributed by atoms with E-state index in [0.717, 1.165) is 0 Å². The molecule has 0 aromatic rings. The number of carbonyl (C=O) groups is 2. The highest BCUT2D eigenvalue weighted by Crippen LogP contribution is 1.85. The molecule has 82 valence electrons. The first-order valence-electron chi connectivity index (χ1n) is 4.58. The summed E-state index contributed by atoms with van der Waals surface area (Å²) in [6.45, 7) is 5.52. The van der Waals surface area contributed by atoms with Gasteiger partial charge in [0.1, 0.15) is 6.04 Å². The van der Waals surface area contributed by atoms with Gasteiger partial charge < -0.3 is 10.1 Å². The number of hydrogen-bond acceptors (Lipinski definition) is 4. The van der Waals surface area contributed by atoms with Gasteiger partial charge >= 0.3 is 5.97 Å². The molecule has 0 saturated heterocycles. The molecule has 0 aromatic heterocycles. The average Bonchev–Trinajstić information content (AvgIpc) is 2.11. The largest absolute Gasteiger partial charge is 0.468 e. The Hall–Kier alpha value is -1.10. The third-order valence-corrected chi connectivity index (χ3v) is 1.57. The van der Waals surface area contributed by atoms with Crippen LogP contribution in [0.3, 0.4) is 0 Å². The van der Waals surface area contributed by atoms with Crippen molar-refractivity contribution in [3.05, 3.63) is 0 Å². The van der Waals surface area contributed by atoms with Crippen LogP contribution in [0.5, 0.6) is 0 Å². The van der Waals surface area contributed by atoms with Crippen LogP contribution in [0.1, 0.15) is 20.8 Å². The topological polar surface area (TPSA) is 67.4 Å². The molecule has 0 fully saturated rings. The van der Waals surface area contributed by atoms with Crippen LogP contribution in [0.2, 0.25) is 0 Å². The van der Waals surface area contributed by atoms with E-state index in [1.54, 1.807) is 6.92 Å². The first-order chi connectivity index (χ1) is 6.47. The van der Waals surface area contributed by atoms with E-state index in [9.17, 15) is 9.59 Å². The number of nitrogens with one attached hydrogen (secondary N) is 2. The van der Waals surface area contributed by atoms with Crippen molar-refractivity contribution in [2.75, 3.05) is 13.7 Å². The first kappa shape index (κ1) is 12.9. The number of ether oxygens (including phenoxy) is 1. The summed E-state index contributed by atoms with van der Waals surface area (Å²) in [6.07, 6.45) is 0. The number of carbonyl (C=O) groups excluding carboxylic acids is 2. The molecule has 0 aliphatic rings. The minimum absolute atomic E-state index is 0.109. The van der Waals surface area contributed by atoms with Crippen LogP contribution in [0.25, 0.3) is 0 Å². The molecule has 0 aliphatic carbocycles. The quantitative estimate of drug-likeness (QED) is 0.599. The van der Waals surface area contributed by atoms with Crippen LogP contribution in [-0.2, 0) is 14.3 Å². The van der Waals surface area contributed by atoms with E-state index < -0.39 is 6.04 Å². The summed E-state index contributed by atoms with van der Waals surface area (Å²) in [4.78, 5) is 22.1. The van der Waals surface area contributed by atoms with Gasteiger partial charge in [-0.15, -0.1) is 0 Å². The predicted octanol–water partition coefficient (Wildman–Crippen LogP) is -0.338. The van der Waals surface area contributed by atoms with Crippen molar-refractivity contribution in [3.8, 4) is 0 Å². The fourth-order valence-electron chi connectivity index (χ4n) is 0.879. The lowest BCUT2D eigenvalue weighted by molar-refractivity contribution is -0.142. The van der Waals surface area contributed by atoms with Crippen molar-refractivity contribution in [1.82, 2.24) is 10.6 Å². The Labute approximate surface area is 84.2 Å². The van der Waals surface area contributed by atoms with Gasteiger partial charge in [0.15, 0.2) is 0 Å². The van der Waals surface area contributed by atoms with E-state index in [0.29, 0.717) is 0 Å². The summed E-state index contributed by atoms with van der Waals surface area (Å²) in [6, 6.07) is -0.351. The highest BCUT2D eigenvalue weighted by atomic mass is 16.5. The van der Waals surface area contributed by atoms with Gasteiger partial charge in [0.05, 0.1) is 13.7 Å². The number of esters is 1. The van der Waals surface area contributed by atoms with E-state index in [1.807, 2.05) is 13.8 Å². The number of rotatable bonds is 5. The Kier molecular flexibility index (Phi) is 5.87. The minimum atomic E-state index is -0.460. The lowest BCUT2D eigenvalue weighted by atomic mass is 10.3. The van der Waals surface area contributed by atoms with Crippen molar-refractivity contribution in [1.29, 1.82) is 0 Å². The first-order valence-corrected chi connectivity index (χ1v) is 4.58. The molecule has 5 nitrogen and oxygen atoms in total. The molecule has 1 unspecified atom stereocenters. The predicted molar refractivity (Wildman–Crippen MR) is 52.8 cm³/mol. The monoisotopic (exact) mass is 202 g/mol. The molecule has 0 radical (unpaired) electrons. The van der Waals surface area contributed by atoms with Gasteiger partial charge in [0, 0.05) is 6.04 Å². The maximum Gasteiger partial charge on any atom is 0.322 e. The number of hydrogen-bond donors (Lipinski definition) is 2. The third kappa shape index (κ3) is 5.53. The summed E-state index contributed by atoms with van der Waals surface area (Å²) in [7, 11) is 1.31. The van der Waals surface area contributed by atoms with Crippen molar-refractivity contribution in [3.63, 3.8) is 0 Å². The summed E-state index contributed by atoms with van der Waals surface area (Å²) in [5.74, 6) is -0.502. The van der Waals surface area contributed by atoms with Gasteiger partial charge in [-0.2, -0.15) is 0 Å². The minimum Gasteiger partial charge on any atom is -0.468 e. The van der Waals surface area contributed by atoms with Gasteiger partial charge in [-0.3, -0.25) is 14.9 Å². The molecule has 1 amide bonds. The molecule has 0 aliphatic heterocycles. The molecule has 0 aromatic carbocycles. The lowest BCUT2D eigenvalue weighted by Gasteiger charge is -2.12. The van der Waals surface area contributed by atoms with Gasteiger partial charge in [-0.05, 0) is 20.8 Å². The molecule has 2 N–H and O–H groups in total. The van der Waals surface area contributed by atoms with Crippen molar-refractivity contribution in [2.45, 2.75) is 32.9 Å². The molecule has 1 atom stereocenters. The number of methoxy groups -OCH3 is 1. The van der Waals surface area contributed by atoms with Crippen LogP contribution in [-0.4, -0.2) is 37.6 Å². The van der Waals surface area contributed by atoms with Crippen LogP contribution < -0.4 is 10.6 Å². The summed E-state index contributed by atoms with van der Waals surface area (Å²) >= 11 is 0. The fourth-order valence-corrected chi connectivity index (χ4v) is 0.879. The molecule has 0 saturated carbocycles. The van der Waals surface area contributed by atoms with E-state index in [2.05, 4.69) is 15.4 Å². The molecule has 0 rings (SSSR count). The fraction of sp³-hybridized carbons (Fsp3) is 0.778. The van der Waals surface area contributed by atoms with Gasteiger partial charge in [0.2, 0.25) is 5.91 Å². The zero-order chi connectivity index (χ0) is 11.1. The van der Waals surface area contributed by atoms with Crippen LogP contribution in [0.15, 0.2) is 0 Å². The summed E-state index contributed by atoms with van der Waals surface area (Å²) in [5.41, 5.74) is 0. The molecule has 0 spiro atoms. The molecular formula is C9H18N2O3. The van der Waals surface area contributed by atoms with Crippen molar-refractivity contribution < 1.29 is 14.3 Å². The molecule has 0 heterocycles. The molecular weight excluding hydrogens is 184 g/mol. The second-order valence-corrected chi connectivity index (χ2v) is 3.35. The maximum atomic E-state index is 11.1. The Morgan fingerprint density at radius 1 is 1.29 bits per heavy atom. The zero-order valence-corrected chi connectivity index (χ0v) is 9.09. The Balaban J connectivity index is 3.71. The highest BCUT2D eigenvalue weighted by molar-refractivity contribution is 5.80.